The van der Waals surface area contributed by atoms with E-state index in [2.05, 4.69) is 10.2 Å². The Hall–Kier alpha value is -1.45. The smallest absolute Gasteiger partial charge is 0.0508 e. The fraction of sp³-hybridized carbons (Fsp3) is 0.333. The van der Waals surface area contributed by atoms with Crippen LogP contribution in [-0.2, 0) is 0 Å². The standard InChI is InChI=1S/C18H22N2S/c1-14-7-8-17(15(2)13-14)21-18-6-4-3-5-16(18)20-11-9-19-10-12-20/h3-8,13,19H,9-12H2,1-2H3/i1D3,2D3. The van der Waals surface area contributed by atoms with Gasteiger partial charge in [-0.3, -0.25) is 0 Å². The highest BCUT2D eigenvalue weighted by Gasteiger charge is 2.14. The number of rotatable bonds is 3. The molecule has 1 aliphatic rings. The molecule has 0 aliphatic carbocycles. The van der Waals surface area contributed by atoms with Crippen LogP contribution in [-0.4, -0.2) is 26.2 Å². The molecule has 21 heavy (non-hydrogen) atoms. The predicted molar refractivity (Wildman–Crippen MR) is 91.6 cm³/mol. The molecule has 1 saturated heterocycles. The Morgan fingerprint density at radius 2 is 1.90 bits per heavy atom. The second-order valence-electron chi connectivity index (χ2n) is 5.02. The van der Waals surface area contributed by atoms with Crippen LogP contribution >= 0.6 is 11.8 Å². The predicted octanol–water partition coefficient (Wildman–Crippen LogP) is 3.86. The first-order valence-electron chi connectivity index (χ1n) is 10.0. The first-order chi connectivity index (χ1) is 12.7. The van der Waals surface area contributed by atoms with Gasteiger partial charge in [0.1, 0.15) is 0 Å². The van der Waals surface area contributed by atoms with E-state index in [0.717, 1.165) is 36.8 Å². The molecule has 1 heterocycles. The third-order valence-electron chi connectivity index (χ3n) is 3.52. The molecule has 3 heteroatoms. The van der Waals surface area contributed by atoms with Crippen LogP contribution in [0.2, 0.25) is 0 Å². The van der Waals surface area contributed by atoms with E-state index in [0.29, 0.717) is 4.90 Å². The van der Waals surface area contributed by atoms with Crippen molar-refractivity contribution in [2.75, 3.05) is 31.1 Å². The highest BCUT2D eigenvalue weighted by Crippen LogP contribution is 2.37. The number of benzene rings is 2. The average molecular weight is 304 g/mol. The van der Waals surface area contributed by atoms with Crippen LogP contribution in [0.15, 0.2) is 52.3 Å². The van der Waals surface area contributed by atoms with Crippen molar-refractivity contribution in [3.05, 3.63) is 53.6 Å². The van der Waals surface area contributed by atoms with Crippen LogP contribution in [0.1, 0.15) is 19.4 Å². The summed E-state index contributed by atoms with van der Waals surface area (Å²) in [5, 5.41) is 3.33. The maximum Gasteiger partial charge on any atom is 0.0508 e. The average Bonchev–Trinajstić information content (AvgIpc) is 2.61. The minimum atomic E-state index is -2.38. The summed E-state index contributed by atoms with van der Waals surface area (Å²) in [6.45, 7) is -1.11. The van der Waals surface area contributed by atoms with Crippen LogP contribution in [0.5, 0.6) is 0 Å². The molecular formula is C18H22N2S. The molecule has 1 N–H and O–H groups in total. The topological polar surface area (TPSA) is 15.3 Å². The van der Waals surface area contributed by atoms with Crippen molar-refractivity contribution in [2.24, 2.45) is 0 Å². The van der Waals surface area contributed by atoms with E-state index in [1.807, 2.05) is 24.3 Å². The lowest BCUT2D eigenvalue weighted by molar-refractivity contribution is 0.587. The Morgan fingerprint density at radius 3 is 2.71 bits per heavy atom. The molecule has 1 aliphatic heterocycles. The quantitative estimate of drug-likeness (QED) is 0.927. The molecule has 2 nitrogen and oxygen atoms in total. The maximum atomic E-state index is 7.85. The molecule has 0 radical (unpaired) electrons. The highest BCUT2D eigenvalue weighted by molar-refractivity contribution is 7.99. The van der Waals surface area contributed by atoms with Gasteiger partial charge in [-0.25, -0.2) is 0 Å². The molecule has 110 valence electrons. The van der Waals surface area contributed by atoms with E-state index in [4.69, 9.17) is 8.22 Å². The zero-order valence-corrected chi connectivity index (χ0v) is 12.5. The number of para-hydroxylation sites is 1. The van der Waals surface area contributed by atoms with E-state index >= 15 is 0 Å². The van der Waals surface area contributed by atoms with Crippen LogP contribution < -0.4 is 10.2 Å². The lowest BCUT2D eigenvalue weighted by Crippen LogP contribution is -2.43. The molecular weight excluding hydrogens is 276 g/mol. The minimum absolute atomic E-state index is 0.0494. The largest absolute Gasteiger partial charge is 0.368 e. The summed E-state index contributed by atoms with van der Waals surface area (Å²) in [5.74, 6) is 0. The Kier molecular flexibility index (Phi) is 2.76. The third-order valence-corrected chi connectivity index (χ3v) is 4.66. The van der Waals surface area contributed by atoms with Crippen molar-refractivity contribution >= 4 is 17.4 Å². The fourth-order valence-corrected chi connectivity index (χ4v) is 3.44. The van der Waals surface area contributed by atoms with Gasteiger partial charge in [-0.2, -0.15) is 0 Å². The zero-order valence-electron chi connectivity index (χ0n) is 17.7. The Bertz CT molecular complexity index is 797. The highest BCUT2D eigenvalue weighted by atomic mass is 32.2. The summed E-state index contributed by atoms with van der Waals surface area (Å²) in [6.07, 6.45) is 0. The van der Waals surface area contributed by atoms with Gasteiger partial charge < -0.3 is 10.2 Å². The second-order valence-corrected chi connectivity index (χ2v) is 6.10. The van der Waals surface area contributed by atoms with Crippen molar-refractivity contribution in [3.63, 3.8) is 0 Å². The van der Waals surface area contributed by atoms with Crippen molar-refractivity contribution in [1.29, 1.82) is 0 Å². The third kappa shape index (κ3) is 3.42. The van der Waals surface area contributed by atoms with E-state index in [-0.39, 0.29) is 11.1 Å². The Morgan fingerprint density at radius 1 is 1.05 bits per heavy atom. The summed E-state index contributed by atoms with van der Waals surface area (Å²) < 4.78 is 46.2. The number of hydrogen-bond acceptors (Lipinski definition) is 3. The second kappa shape index (κ2) is 6.54. The van der Waals surface area contributed by atoms with Gasteiger partial charge in [0, 0.05) is 44.2 Å². The molecule has 0 unspecified atom stereocenters. The van der Waals surface area contributed by atoms with E-state index in [9.17, 15) is 0 Å². The molecule has 0 spiro atoms. The summed E-state index contributed by atoms with van der Waals surface area (Å²) >= 11 is 1.37. The molecule has 2 aromatic rings. The van der Waals surface area contributed by atoms with Crippen molar-refractivity contribution in [1.82, 2.24) is 5.32 Å². The molecule has 0 aromatic heterocycles. The van der Waals surface area contributed by atoms with E-state index < -0.39 is 13.7 Å². The number of hydrogen-bond donors (Lipinski definition) is 1. The van der Waals surface area contributed by atoms with Gasteiger partial charge in [-0.05, 0) is 37.5 Å². The number of nitrogens with zero attached hydrogens (tertiary/aromatic N) is 1. The number of piperazine rings is 1. The van der Waals surface area contributed by atoms with Gasteiger partial charge in [0.15, 0.2) is 0 Å². The van der Waals surface area contributed by atoms with E-state index in [1.165, 1.54) is 23.9 Å². The van der Waals surface area contributed by atoms with Crippen LogP contribution in [0.4, 0.5) is 5.69 Å². The molecule has 3 rings (SSSR count). The van der Waals surface area contributed by atoms with Gasteiger partial charge >= 0.3 is 0 Å². The number of aryl methyl sites for hydroxylation is 2. The zero-order chi connectivity index (χ0) is 19.7. The maximum absolute atomic E-state index is 7.85. The first-order valence-corrected chi connectivity index (χ1v) is 7.85. The fourth-order valence-electron chi connectivity index (χ4n) is 2.45. The van der Waals surface area contributed by atoms with Crippen molar-refractivity contribution in [3.8, 4) is 0 Å². The lowest BCUT2D eigenvalue weighted by atomic mass is 10.2. The Labute approximate surface area is 140 Å². The van der Waals surface area contributed by atoms with Crippen LogP contribution in [0.25, 0.3) is 0 Å². The first kappa shape index (κ1) is 8.86. The van der Waals surface area contributed by atoms with Gasteiger partial charge in [-0.15, -0.1) is 0 Å². The Balaban J connectivity index is 1.99. The summed E-state index contributed by atoms with van der Waals surface area (Å²) in [4.78, 5) is 3.81. The molecule has 2 aromatic carbocycles. The van der Waals surface area contributed by atoms with Crippen LogP contribution in [0, 0.1) is 13.7 Å². The van der Waals surface area contributed by atoms with Gasteiger partial charge in [-0.1, -0.05) is 41.6 Å². The molecule has 0 amide bonds. The molecule has 0 bridgehead atoms. The molecule has 1 fully saturated rings. The monoisotopic (exact) mass is 304 g/mol. The number of nitrogens with one attached hydrogen (secondary N) is 1. The SMILES string of the molecule is [2H]C([2H])([2H])c1ccc(Sc2ccccc2N2CCNCC2)c(C([2H])([2H])[2H])c1. The summed E-state index contributed by atoms with van der Waals surface area (Å²) in [6, 6.07) is 12.3. The van der Waals surface area contributed by atoms with Crippen molar-refractivity contribution < 1.29 is 8.22 Å². The van der Waals surface area contributed by atoms with Crippen LogP contribution in [0.3, 0.4) is 0 Å². The van der Waals surface area contributed by atoms with Crippen molar-refractivity contribution in [2.45, 2.75) is 23.5 Å². The number of anilines is 1. The minimum Gasteiger partial charge on any atom is -0.368 e. The summed E-state index contributed by atoms with van der Waals surface area (Å²) in [5.41, 5.74) is 1.20. The lowest BCUT2D eigenvalue weighted by Gasteiger charge is -2.31. The summed E-state index contributed by atoms with van der Waals surface area (Å²) in [7, 11) is 0. The van der Waals surface area contributed by atoms with Gasteiger partial charge in [0.25, 0.3) is 0 Å². The molecule has 0 atom stereocenters. The van der Waals surface area contributed by atoms with E-state index in [1.54, 1.807) is 6.07 Å². The van der Waals surface area contributed by atoms with Gasteiger partial charge in [0.05, 0.1) is 5.69 Å². The van der Waals surface area contributed by atoms with Gasteiger partial charge in [0.2, 0.25) is 0 Å². The molecule has 0 saturated carbocycles. The normalized spacial score (nSPS) is 20.7.